The fourth-order valence-corrected chi connectivity index (χ4v) is 2.05. The number of hydrogen-bond acceptors (Lipinski definition) is 5. The second-order valence-corrected chi connectivity index (χ2v) is 6.96. The molecule has 132 valence electrons. The second-order valence-electron chi connectivity index (χ2n) is 6.96. The molecule has 1 amide bonds. The van der Waals surface area contributed by atoms with E-state index in [0.717, 1.165) is 0 Å². The zero-order chi connectivity index (χ0) is 18.7. The van der Waals surface area contributed by atoms with Crippen molar-refractivity contribution in [3.8, 4) is 0 Å². The summed E-state index contributed by atoms with van der Waals surface area (Å²) in [5.41, 5.74) is -2.05. The fraction of sp³-hybridized carbons (Fsp3) is 0.500. The van der Waals surface area contributed by atoms with Gasteiger partial charge in [0.1, 0.15) is 5.60 Å². The highest BCUT2D eigenvalue weighted by Crippen LogP contribution is 2.35. The van der Waals surface area contributed by atoms with E-state index < -0.39 is 34.0 Å². The molecule has 24 heavy (non-hydrogen) atoms. The van der Waals surface area contributed by atoms with Crippen LogP contribution in [0.4, 0.5) is 10.5 Å². The Morgan fingerprint density at radius 1 is 1.25 bits per heavy atom. The molecular weight excluding hydrogens is 316 g/mol. The van der Waals surface area contributed by atoms with Gasteiger partial charge in [-0.05, 0) is 40.2 Å². The summed E-state index contributed by atoms with van der Waals surface area (Å²) in [5.74, 6) is -1.16. The van der Waals surface area contributed by atoms with Crippen LogP contribution in [0.1, 0.15) is 46.2 Å². The van der Waals surface area contributed by atoms with Gasteiger partial charge in [-0.15, -0.1) is 0 Å². The number of benzene rings is 1. The summed E-state index contributed by atoms with van der Waals surface area (Å²) in [7, 11) is 0. The molecule has 0 bridgehead atoms. The van der Waals surface area contributed by atoms with E-state index in [-0.39, 0.29) is 5.69 Å². The lowest BCUT2D eigenvalue weighted by Gasteiger charge is -2.32. The molecule has 0 aliphatic carbocycles. The Labute approximate surface area is 140 Å². The molecule has 8 nitrogen and oxygen atoms in total. The monoisotopic (exact) mass is 338 g/mol. The maximum atomic E-state index is 12.1. The van der Waals surface area contributed by atoms with Crippen LogP contribution in [0.25, 0.3) is 0 Å². The smallest absolute Gasteiger partial charge is 0.408 e. The molecule has 0 aliphatic rings. The average molecular weight is 338 g/mol. The molecule has 0 aromatic heterocycles. The molecule has 1 rings (SSSR count). The van der Waals surface area contributed by atoms with Crippen LogP contribution in [0.2, 0.25) is 0 Å². The van der Waals surface area contributed by atoms with Crippen LogP contribution in [0.5, 0.6) is 0 Å². The minimum absolute atomic E-state index is 0.190. The van der Waals surface area contributed by atoms with Crippen molar-refractivity contribution in [1.29, 1.82) is 0 Å². The van der Waals surface area contributed by atoms with E-state index in [4.69, 9.17) is 4.74 Å². The van der Waals surface area contributed by atoms with Gasteiger partial charge in [-0.1, -0.05) is 12.1 Å². The van der Waals surface area contributed by atoms with Crippen LogP contribution in [0.3, 0.4) is 0 Å². The molecule has 8 heteroatoms. The van der Waals surface area contributed by atoms with Gasteiger partial charge >= 0.3 is 12.1 Å². The lowest BCUT2D eigenvalue weighted by molar-refractivity contribution is -0.385. The van der Waals surface area contributed by atoms with Gasteiger partial charge in [0.25, 0.3) is 5.69 Å². The highest BCUT2D eigenvalue weighted by molar-refractivity contribution is 5.77. The van der Waals surface area contributed by atoms with Crippen molar-refractivity contribution in [1.82, 2.24) is 5.32 Å². The van der Waals surface area contributed by atoms with Crippen LogP contribution >= 0.6 is 0 Å². The van der Waals surface area contributed by atoms with Crippen LogP contribution in [-0.2, 0) is 9.53 Å². The Morgan fingerprint density at radius 3 is 2.29 bits per heavy atom. The molecule has 0 heterocycles. The summed E-state index contributed by atoms with van der Waals surface area (Å²) >= 11 is 0. The Balaban J connectivity index is 3.25. The zero-order valence-electron chi connectivity index (χ0n) is 14.3. The van der Waals surface area contributed by atoms with E-state index in [1.165, 1.54) is 38.1 Å². The van der Waals surface area contributed by atoms with E-state index in [1.54, 1.807) is 20.8 Å². The first kappa shape index (κ1) is 19.4. The molecule has 0 spiro atoms. The van der Waals surface area contributed by atoms with Gasteiger partial charge in [0.15, 0.2) is 0 Å². The zero-order valence-corrected chi connectivity index (χ0v) is 14.3. The molecule has 0 aliphatic heterocycles. The maximum Gasteiger partial charge on any atom is 0.408 e. The molecule has 0 radical (unpaired) electrons. The average Bonchev–Trinajstić information content (AvgIpc) is 2.42. The molecule has 1 atom stereocenters. The van der Waals surface area contributed by atoms with Crippen LogP contribution in [-0.4, -0.2) is 27.7 Å². The first-order valence-corrected chi connectivity index (χ1v) is 7.32. The summed E-state index contributed by atoms with van der Waals surface area (Å²) in [5, 5.41) is 22.9. The second kappa shape index (κ2) is 6.86. The molecule has 0 fully saturated rings. The van der Waals surface area contributed by atoms with Crippen molar-refractivity contribution < 1.29 is 24.4 Å². The Bertz CT molecular complexity index is 648. The van der Waals surface area contributed by atoms with Gasteiger partial charge in [-0.2, -0.15) is 0 Å². The molecule has 1 aromatic carbocycles. The summed E-state index contributed by atoms with van der Waals surface area (Å²) < 4.78 is 5.17. The number of nitrogens with zero attached hydrogens (tertiary/aromatic N) is 1. The molecule has 2 N–H and O–H groups in total. The first-order valence-electron chi connectivity index (χ1n) is 7.32. The molecular formula is C16H22N2O6. The number of hydrogen-bond donors (Lipinski definition) is 2. The summed E-state index contributed by atoms with van der Waals surface area (Å²) in [6.07, 6.45) is -0.798. The van der Waals surface area contributed by atoms with Gasteiger partial charge in [-0.25, -0.2) is 4.79 Å². The fourth-order valence-electron chi connectivity index (χ4n) is 2.05. The Morgan fingerprint density at radius 2 is 1.83 bits per heavy atom. The van der Waals surface area contributed by atoms with Gasteiger partial charge in [0, 0.05) is 12.1 Å². The van der Waals surface area contributed by atoms with E-state index in [0.29, 0.717) is 5.56 Å². The molecule has 1 aromatic rings. The highest BCUT2D eigenvalue weighted by atomic mass is 16.6. The maximum absolute atomic E-state index is 12.1. The van der Waals surface area contributed by atoms with Gasteiger partial charge in [0.05, 0.1) is 16.4 Å². The number of ether oxygens (including phenoxy) is 1. The molecule has 0 saturated carbocycles. The predicted octanol–water partition coefficient (Wildman–Crippen LogP) is 3.27. The van der Waals surface area contributed by atoms with Crippen LogP contribution < -0.4 is 5.32 Å². The summed E-state index contributed by atoms with van der Waals surface area (Å²) in [6.45, 7) is 7.89. The number of nitrogens with one attached hydrogen (secondary N) is 1. The van der Waals surface area contributed by atoms with Crippen molar-refractivity contribution in [2.75, 3.05) is 0 Å². The van der Waals surface area contributed by atoms with E-state index in [9.17, 15) is 24.8 Å². The molecule has 0 unspecified atom stereocenters. The summed E-state index contributed by atoms with van der Waals surface area (Å²) in [6, 6.07) is 4.49. The number of nitro groups is 1. The van der Waals surface area contributed by atoms with Crippen molar-refractivity contribution in [2.24, 2.45) is 5.41 Å². The number of non-ortho nitro benzene ring substituents is 1. The van der Waals surface area contributed by atoms with E-state index in [2.05, 4.69) is 5.32 Å². The van der Waals surface area contributed by atoms with Gasteiger partial charge in [-0.3, -0.25) is 14.9 Å². The number of carbonyl (C=O) groups is 2. The number of carboxylic acids is 1. The minimum atomic E-state index is -1.41. The Hall–Kier alpha value is -2.64. The van der Waals surface area contributed by atoms with Gasteiger partial charge in [0.2, 0.25) is 0 Å². The molecule has 0 saturated heterocycles. The summed E-state index contributed by atoms with van der Waals surface area (Å²) in [4.78, 5) is 34.0. The number of carboxylic acid groups (broad SMARTS) is 1. The first-order chi connectivity index (χ1) is 10.8. The number of aliphatic carboxylic acids is 1. The third-order valence-corrected chi connectivity index (χ3v) is 3.35. The quantitative estimate of drug-likeness (QED) is 0.628. The van der Waals surface area contributed by atoms with E-state index >= 15 is 0 Å². The minimum Gasteiger partial charge on any atom is -0.481 e. The SMILES string of the molecule is CC(C)(C)OC(=O)N[C@H](c1cccc([N+](=O)[O-])c1)C(C)(C)C(=O)O. The van der Waals surface area contributed by atoms with E-state index in [1.807, 2.05) is 0 Å². The number of rotatable bonds is 5. The van der Waals surface area contributed by atoms with Crippen molar-refractivity contribution in [3.05, 3.63) is 39.9 Å². The largest absolute Gasteiger partial charge is 0.481 e. The topological polar surface area (TPSA) is 119 Å². The Kier molecular flexibility index (Phi) is 5.54. The number of alkyl carbamates (subject to hydrolysis) is 1. The number of nitro benzene ring substituents is 1. The van der Waals surface area contributed by atoms with Crippen LogP contribution in [0, 0.1) is 15.5 Å². The highest BCUT2D eigenvalue weighted by Gasteiger charge is 2.40. The van der Waals surface area contributed by atoms with Crippen molar-refractivity contribution in [2.45, 2.75) is 46.3 Å². The lowest BCUT2D eigenvalue weighted by Crippen LogP contribution is -2.44. The van der Waals surface area contributed by atoms with Gasteiger partial charge < -0.3 is 15.2 Å². The number of amides is 1. The third kappa shape index (κ3) is 4.94. The standard InChI is InChI=1S/C16H22N2O6/c1-15(2,3)24-14(21)17-12(16(4,5)13(19)20)10-7-6-8-11(9-10)18(22)23/h6-9,12H,1-5H3,(H,17,21)(H,19,20)/t12-/m1/s1. The van der Waals surface area contributed by atoms with Crippen LogP contribution in [0.15, 0.2) is 24.3 Å². The van der Waals surface area contributed by atoms with Crippen molar-refractivity contribution >= 4 is 17.7 Å². The predicted molar refractivity (Wildman–Crippen MR) is 86.6 cm³/mol. The number of carbonyl (C=O) groups excluding carboxylic acids is 1. The third-order valence-electron chi connectivity index (χ3n) is 3.35. The lowest BCUT2D eigenvalue weighted by atomic mass is 9.80. The van der Waals surface area contributed by atoms with Crippen molar-refractivity contribution in [3.63, 3.8) is 0 Å². The normalized spacial score (nSPS) is 13.0.